The number of likely N-dealkylation sites (tertiary alicyclic amines) is 1. The molecule has 2 aromatic rings. The lowest BCUT2D eigenvalue weighted by Crippen LogP contribution is -2.50. The lowest BCUT2D eigenvalue weighted by Gasteiger charge is -2.38. The van der Waals surface area contributed by atoms with E-state index >= 15 is 0 Å². The van der Waals surface area contributed by atoms with Crippen LogP contribution in [-0.2, 0) is 15.0 Å². The van der Waals surface area contributed by atoms with E-state index in [9.17, 15) is 41.8 Å². The molecule has 1 unspecified atom stereocenters. The van der Waals surface area contributed by atoms with Crippen molar-refractivity contribution in [1.29, 1.82) is 0 Å². The van der Waals surface area contributed by atoms with Crippen molar-refractivity contribution in [2.24, 2.45) is 5.41 Å². The Bertz CT molecular complexity index is 1570. The third kappa shape index (κ3) is 5.03. The summed E-state index contributed by atoms with van der Waals surface area (Å²) >= 11 is 0. The van der Waals surface area contributed by atoms with E-state index in [0.29, 0.717) is 18.4 Å². The molecule has 16 heteroatoms. The number of hydrogen-bond acceptors (Lipinski definition) is 9. The predicted octanol–water partition coefficient (Wildman–Crippen LogP) is 2.91. The number of nitrogens with one attached hydrogen (secondary N) is 1. The van der Waals surface area contributed by atoms with Crippen molar-refractivity contribution in [2.75, 3.05) is 19.7 Å². The molecule has 2 aromatic carbocycles. The predicted molar refractivity (Wildman–Crippen MR) is 139 cm³/mol. The SMILES string of the molecule is CC1(C(=O)N[C@@H]2C[C@H](C3(C(=O)N4C[C@H](O)[C@@H](O)C4)CC3)Oc3cc(OC(F)(F)F)ccc32)COc2cc3c(cc21)OC(F)(F)O3. The maximum Gasteiger partial charge on any atom is 0.586 e. The summed E-state index contributed by atoms with van der Waals surface area (Å²) in [6.07, 6.45) is -11.2. The molecule has 1 saturated heterocycles. The molecular weight excluding hydrogens is 615 g/mol. The minimum absolute atomic E-state index is 0.0299. The number of aliphatic hydroxyl groups is 2. The van der Waals surface area contributed by atoms with Gasteiger partial charge in [-0.15, -0.1) is 22.0 Å². The van der Waals surface area contributed by atoms with Crippen LogP contribution in [0.4, 0.5) is 22.0 Å². The van der Waals surface area contributed by atoms with Gasteiger partial charge in [-0.2, -0.15) is 0 Å². The molecule has 0 radical (unpaired) electrons. The molecule has 4 aliphatic heterocycles. The Labute approximate surface area is 251 Å². The number of amides is 2. The second kappa shape index (κ2) is 9.72. The summed E-state index contributed by atoms with van der Waals surface area (Å²) in [6.45, 7) is 1.21. The van der Waals surface area contributed by atoms with Gasteiger partial charge in [-0.05, 0) is 38.0 Å². The second-order valence-corrected chi connectivity index (χ2v) is 12.2. The van der Waals surface area contributed by atoms with Crippen LogP contribution in [-0.4, -0.2) is 77.6 Å². The average molecular weight is 643 g/mol. The van der Waals surface area contributed by atoms with Crippen molar-refractivity contribution >= 4 is 11.8 Å². The Hall–Kier alpha value is -4.05. The van der Waals surface area contributed by atoms with Crippen LogP contribution >= 0.6 is 0 Å². The van der Waals surface area contributed by atoms with E-state index in [2.05, 4.69) is 19.5 Å². The van der Waals surface area contributed by atoms with E-state index in [4.69, 9.17) is 9.47 Å². The number of aliphatic hydroxyl groups excluding tert-OH is 2. The highest BCUT2D eigenvalue weighted by atomic mass is 19.4. The van der Waals surface area contributed by atoms with Crippen LogP contribution in [0.25, 0.3) is 0 Å². The highest BCUT2D eigenvalue weighted by molar-refractivity contribution is 5.91. The van der Waals surface area contributed by atoms with Crippen molar-refractivity contribution in [1.82, 2.24) is 10.2 Å². The van der Waals surface area contributed by atoms with E-state index in [1.165, 1.54) is 23.1 Å². The van der Waals surface area contributed by atoms with Crippen molar-refractivity contribution in [3.63, 3.8) is 0 Å². The van der Waals surface area contributed by atoms with Gasteiger partial charge in [0.2, 0.25) is 11.8 Å². The van der Waals surface area contributed by atoms with Crippen LogP contribution in [0.3, 0.4) is 0 Å². The van der Waals surface area contributed by atoms with Crippen LogP contribution in [0.5, 0.6) is 28.7 Å². The van der Waals surface area contributed by atoms with Gasteiger partial charge in [-0.25, -0.2) is 0 Å². The normalized spacial score (nSPS) is 30.1. The van der Waals surface area contributed by atoms with Crippen LogP contribution in [0, 0.1) is 5.41 Å². The zero-order chi connectivity index (χ0) is 32.1. The lowest BCUT2D eigenvalue weighted by molar-refractivity contribution is -0.286. The molecule has 5 aliphatic rings. The lowest BCUT2D eigenvalue weighted by atomic mass is 9.81. The molecule has 45 heavy (non-hydrogen) atoms. The Kier molecular flexibility index (Phi) is 6.41. The quantitative estimate of drug-likeness (QED) is 0.421. The molecule has 11 nitrogen and oxygen atoms in total. The van der Waals surface area contributed by atoms with E-state index in [-0.39, 0.29) is 60.6 Å². The van der Waals surface area contributed by atoms with E-state index in [1.54, 1.807) is 6.92 Å². The number of fused-ring (bicyclic) bond motifs is 3. The van der Waals surface area contributed by atoms with Crippen LogP contribution in [0.15, 0.2) is 30.3 Å². The summed E-state index contributed by atoms with van der Waals surface area (Å²) in [4.78, 5) is 28.9. The molecule has 5 atom stereocenters. The summed E-state index contributed by atoms with van der Waals surface area (Å²) in [7, 11) is 0. The number of halogens is 5. The molecular formula is C29H27F5N2O9. The number of carbonyl (C=O) groups excluding carboxylic acids is 2. The molecule has 1 aliphatic carbocycles. The molecule has 7 rings (SSSR count). The average Bonchev–Trinajstić information content (AvgIpc) is 3.49. The molecule has 2 amide bonds. The second-order valence-electron chi connectivity index (χ2n) is 12.2. The number of alkyl halides is 5. The first kappa shape index (κ1) is 29.6. The number of carbonyl (C=O) groups is 2. The number of β-amino-alcohol motifs (C(OH)–C–C–N with tert-alkyl or cyclic N) is 2. The fourth-order valence-corrected chi connectivity index (χ4v) is 6.51. The topological polar surface area (TPSA) is 136 Å². The number of benzene rings is 2. The van der Waals surface area contributed by atoms with Gasteiger partial charge in [0.15, 0.2) is 11.5 Å². The van der Waals surface area contributed by atoms with Crippen LogP contribution < -0.4 is 29.0 Å². The third-order valence-electron chi connectivity index (χ3n) is 9.11. The third-order valence-corrected chi connectivity index (χ3v) is 9.11. The van der Waals surface area contributed by atoms with Crippen LogP contribution in [0.2, 0.25) is 0 Å². The standard InChI is InChI=1S/C29H27F5N2O9/c1-26(12-41-20-9-22-21(7-15(20)26)44-29(33,34)45-22)24(39)35-16-8-23(27(4-5-27)25(40)36-10-17(37)18(38)11-36)42-19-6-13(2-3-14(16)19)43-28(30,31)32/h2-3,6-7,9,16-18,23,37-38H,4-5,8,10-12H2,1H3,(H,35,39)/t16-,17+,18+,23-,26?/m1/s1. The van der Waals surface area contributed by atoms with Gasteiger partial charge in [0.25, 0.3) is 0 Å². The van der Waals surface area contributed by atoms with Crippen molar-refractivity contribution in [3.8, 4) is 28.7 Å². The zero-order valence-electron chi connectivity index (χ0n) is 23.5. The minimum Gasteiger partial charge on any atom is -0.492 e. The van der Waals surface area contributed by atoms with Crippen molar-refractivity contribution in [3.05, 3.63) is 41.5 Å². The van der Waals surface area contributed by atoms with Gasteiger partial charge in [0, 0.05) is 42.8 Å². The summed E-state index contributed by atoms with van der Waals surface area (Å²) in [5.41, 5.74) is -1.90. The molecule has 0 aromatic heterocycles. The molecule has 3 N–H and O–H groups in total. The van der Waals surface area contributed by atoms with Gasteiger partial charge >= 0.3 is 12.7 Å². The first-order valence-corrected chi connectivity index (χ1v) is 14.2. The van der Waals surface area contributed by atoms with Gasteiger partial charge in [0.05, 0.1) is 23.7 Å². The summed E-state index contributed by atoms with van der Waals surface area (Å²) in [5, 5.41) is 22.9. The molecule has 1 saturated carbocycles. The van der Waals surface area contributed by atoms with E-state index in [1.807, 2.05) is 0 Å². The first-order valence-electron chi connectivity index (χ1n) is 14.2. The van der Waals surface area contributed by atoms with Gasteiger partial charge in [-0.1, -0.05) is 0 Å². The molecule has 0 bridgehead atoms. The monoisotopic (exact) mass is 642 g/mol. The van der Waals surface area contributed by atoms with Crippen LogP contribution in [0.1, 0.15) is 43.4 Å². The molecule has 2 fully saturated rings. The molecule has 242 valence electrons. The van der Waals surface area contributed by atoms with Crippen molar-refractivity contribution < 1.29 is 65.4 Å². The molecule has 0 spiro atoms. The number of ether oxygens (including phenoxy) is 5. The maximum absolute atomic E-state index is 13.9. The van der Waals surface area contributed by atoms with Crippen molar-refractivity contribution in [2.45, 2.75) is 68.6 Å². The fraction of sp³-hybridized carbons (Fsp3) is 0.517. The highest BCUT2D eigenvalue weighted by Crippen LogP contribution is 2.56. The Morgan fingerprint density at radius 2 is 1.67 bits per heavy atom. The summed E-state index contributed by atoms with van der Waals surface area (Å²) in [6, 6.07) is 5.04. The molecule has 4 heterocycles. The zero-order valence-corrected chi connectivity index (χ0v) is 23.5. The maximum atomic E-state index is 13.9. The minimum atomic E-state index is -4.98. The van der Waals surface area contributed by atoms with E-state index in [0.717, 1.165) is 12.1 Å². The van der Waals surface area contributed by atoms with E-state index < -0.39 is 59.5 Å². The highest BCUT2D eigenvalue weighted by Gasteiger charge is 2.61. The summed E-state index contributed by atoms with van der Waals surface area (Å²) in [5.74, 6) is -1.94. The number of hydrogen-bond donors (Lipinski definition) is 3. The Balaban J connectivity index is 1.19. The summed E-state index contributed by atoms with van der Waals surface area (Å²) < 4.78 is 91.3. The smallest absolute Gasteiger partial charge is 0.492 e. The number of rotatable bonds is 5. The van der Waals surface area contributed by atoms with Gasteiger partial charge in [0.1, 0.15) is 35.4 Å². The fourth-order valence-electron chi connectivity index (χ4n) is 6.51. The Morgan fingerprint density at radius 1 is 1.00 bits per heavy atom. The first-order chi connectivity index (χ1) is 21.1. The number of nitrogens with zero attached hydrogens (tertiary/aromatic N) is 1. The Morgan fingerprint density at radius 3 is 2.31 bits per heavy atom. The van der Waals surface area contributed by atoms with Gasteiger partial charge < -0.3 is 44.1 Å². The largest absolute Gasteiger partial charge is 0.586 e. The van der Waals surface area contributed by atoms with Gasteiger partial charge in [-0.3, -0.25) is 9.59 Å².